The number of ether oxygens (including phenoxy) is 1. The summed E-state index contributed by atoms with van der Waals surface area (Å²) in [5.74, 6) is -0.835. The van der Waals surface area contributed by atoms with Gasteiger partial charge in [0.2, 0.25) is 5.91 Å². The van der Waals surface area contributed by atoms with Crippen LogP contribution in [-0.2, 0) is 9.59 Å². The number of hydrogen-bond donors (Lipinski definition) is 2. The van der Waals surface area contributed by atoms with E-state index in [4.69, 9.17) is 9.84 Å². The second-order valence-electron chi connectivity index (χ2n) is 3.88. The zero-order valence-electron chi connectivity index (χ0n) is 10.9. The summed E-state index contributed by atoms with van der Waals surface area (Å²) < 4.78 is 5.14. The summed E-state index contributed by atoms with van der Waals surface area (Å²) in [5, 5.41) is 11.2. The van der Waals surface area contributed by atoms with E-state index in [-0.39, 0.29) is 0 Å². The number of rotatable bonds is 6. The molecule has 1 aromatic carbocycles. The number of hydrogen-bond acceptors (Lipinski definition) is 3. The third-order valence-corrected chi connectivity index (χ3v) is 2.58. The number of amides is 1. The Bertz CT molecular complexity index is 482. The summed E-state index contributed by atoms with van der Waals surface area (Å²) >= 11 is 0. The first kappa shape index (κ1) is 14.8. The summed E-state index contributed by atoms with van der Waals surface area (Å²) in [6.07, 6.45) is 3.22. The normalized spacial score (nSPS) is 12.1. The molecule has 19 heavy (non-hydrogen) atoms. The third-order valence-electron chi connectivity index (χ3n) is 2.58. The van der Waals surface area contributed by atoms with Crippen molar-refractivity contribution in [2.75, 3.05) is 7.11 Å². The lowest BCUT2D eigenvalue weighted by molar-refractivity contribution is -0.141. The fraction of sp³-hybridized carbons (Fsp3) is 0.286. The minimum absolute atomic E-state index is 0.337. The summed E-state index contributed by atoms with van der Waals surface area (Å²) in [6, 6.07) is 6.37. The molecule has 0 spiro atoms. The van der Waals surface area contributed by atoms with Crippen LogP contribution in [-0.4, -0.2) is 30.1 Å². The number of carbonyl (C=O) groups is 2. The van der Waals surface area contributed by atoms with E-state index >= 15 is 0 Å². The molecule has 1 atom stereocenters. The minimum Gasteiger partial charge on any atom is -0.496 e. The molecule has 0 saturated carbocycles. The van der Waals surface area contributed by atoms with Gasteiger partial charge in [0, 0.05) is 11.6 Å². The maximum atomic E-state index is 11.6. The molecule has 0 aliphatic rings. The number of para-hydroxylation sites is 1. The van der Waals surface area contributed by atoms with Gasteiger partial charge < -0.3 is 15.2 Å². The molecule has 5 nitrogen and oxygen atoms in total. The van der Waals surface area contributed by atoms with Crippen LogP contribution >= 0.6 is 0 Å². The Hall–Kier alpha value is -2.30. The van der Waals surface area contributed by atoms with Crippen molar-refractivity contribution in [3.63, 3.8) is 0 Å². The molecule has 0 unspecified atom stereocenters. The quantitative estimate of drug-likeness (QED) is 0.766. The minimum atomic E-state index is -1.04. The molecule has 2 N–H and O–H groups in total. The van der Waals surface area contributed by atoms with Gasteiger partial charge in [-0.25, -0.2) is 4.79 Å². The summed E-state index contributed by atoms with van der Waals surface area (Å²) in [4.78, 5) is 22.4. The van der Waals surface area contributed by atoms with Gasteiger partial charge in [-0.05, 0) is 18.6 Å². The van der Waals surface area contributed by atoms with Crippen molar-refractivity contribution in [1.29, 1.82) is 0 Å². The zero-order chi connectivity index (χ0) is 14.3. The first-order valence-electron chi connectivity index (χ1n) is 5.92. The fourth-order valence-electron chi connectivity index (χ4n) is 1.53. The van der Waals surface area contributed by atoms with Gasteiger partial charge in [-0.2, -0.15) is 0 Å². The predicted octanol–water partition coefficient (Wildman–Crippen LogP) is 1.69. The zero-order valence-corrected chi connectivity index (χ0v) is 10.9. The average molecular weight is 263 g/mol. The predicted molar refractivity (Wildman–Crippen MR) is 71.9 cm³/mol. The molecule has 0 radical (unpaired) electrons. The van der Waals surface area contributed by atoms with Gasteiger partial charge in [0.15, 0.2) is 0 Å². The molecule has 0 aliphatic heterocycles. The van der Waals surface area contributed by atoms with Crippen LogP contribution in [0.25, 0.3) is 6.08 Å². The van der Waals surface area contributed by atoms with E-state index in [1.165, 1.54) is 6.08 Å². The highest BCUT2D eigenvalue weighted by molar-refractivity contribution is 5.94. The van der Waals surface area contributed by atoms with E-state index in [1.807, 2.05) is 12.1 Å². The Morgan fingerprint density at radius 1 is 1.42 bits per heavy atom. The van der Waals surface area contributed by atoms with E-state index in [2.05, 4.69) is 5.32 Å². The van der Waals surface area contributed by atoms with Crippen molar-refractivity contribution in [1.82, 2.24) is 5.32 Å². The highest BCUT2D eigenvalue weighted by Gasteiger charge is 2.15. The number of carbonyl (C=O) groups excluding carboxylic acids is 1. The highest BCUT2D eigenvalue weighted by atomic mass is 16.5. The number of carboxylic acid groups (broad SMARTS) is 1. The molecule has 0 aliphatic carbocycles. The van der Waals surface area contributed by atoms with Crippen LogP contribution in [0.15, 0.2) is 30.3 Å². The lowest BCUT2D eigenvalue weighted by Gasteiger charge is -2.10. The first-order chi connectivity index (χ1) is 9.08. The van der Waals surface area contributed by atoms with E-state index in [1.54, 1.807) is 32.2 Å². The molecular weight excluding hydrogens is 246 g/mol. The molecule has 0 fully saturated rings. The Kier molecular flexibility index (Phi) is 5.60. The van der Waals surface area contributed by atoms with Gasteiger partial charge in [0.05, 0.1) is 7.11 Å². The fourth-order valence-corrected chi connectivity index (χ4v) is 1.53. The van der Waals surface area contributed by atoms with Gasteiger partial charge in [-0.3, -0.25) is 4.79 Å². The molecule has 102 valence electrons. The van der Waals surface area contributed by atoms with Crippen molar-refractivity contribution in [3.05, 3.63) is 35.9 Å². The van der Waals surface area contributed by atoms with Crippen molar-refractivity contribution in [2.45, 2.75) is 19.4 Å². The average Bonchev–Trinajstić information content (AvgIpc) is 2.42. The van der Waals surface area contributed by atoms with E-state index in [0.29, 0.717) is 12.2 Å². The van der Waals surface area contributed by atoms with Crippen LogP contribution < -0.4 is 10.1 Å². The van der Waals surface area contributed by atoms with Crippen molar-refractivity contribution in [3.8, 4) is 5.75 Å². The number of aliphatic carboxylic acids is 1. The Labute approximate surface area is 111 Å². The lowest BCUT2D eigenvalue weighted by atomic mass is 10.2. The molecule has 0 heterocycles. The van der Waals surface area contributed by atoms with Crippen LogP contribution in [0.4, 0.5) is 0 Å². The molecular formula is C14H17NO4. The first-order valence-corrected chi connectivity index (χ1v) is 5.92. The summed E-state index contributed by atoms with van der Waals surface area (Å²) in [7, 11) is 1.55. The lowest BCUT2D eigenvalue weighted by Crippen LogP contribution is -2.39. The maximum absolute atomic E-state index is 11.6. The number of benzene rings is 1. The SMILES string of the molecule is CC[C@H](NC(=O)/C=C/c1ccccc1OC)C(=O)O. The van der Waals surface area contributed by atoms with Gasteiger partial charge >= 0.3 is 5.97 Å². The molecule has 0 bridgehead atoms. The van der Waals surface area contributed by atoms with Gasteiger partial charge in [-0.15, -0.1) is 0 Å². The summed E-state index contributed by atoms with van der Waals surface area (Å²) in [6.45, 7) is 1.70. The van der Waals surface area contributed by atoms with E-state index in [0.717, 1.165) is 5.56 Å². The van der Waals surface area contributed by atoms with Crippen LogP contribution in [0.1, 0.15) is 18.9 Å². The van der Waals surface area contributed by atoms with Crippen LogP contribution in [0, 0.1) is 0 Å². The highest BCUT2D eigenvalue weighted by Crippen LogP contribution is 2.18. The standard InChI is InChI=1S/C14H17NO4/c1-3-11(14(17)18)15-13(16)9-8-10-6-4-5-7-12(10)19-2/h4-9,11H,3H2,1-2H3,(H,15,16)(H,17,18)/b9-8+/t11-/m0/s1. The van der Waals surface area contributed by atoms with Crippen molar-refractivity contribution < 1.29 is 19.4 Å². The van der Waals surface area contributed by atoms with Crippen molar-refractivity contribution >= 4 is 18.0 Å². The number of carboxylic acids is 1. The smallest absolute Gasteiger partial charge is 0.326 e. The molecule has 0 saturated heterocycles. The number of methoxy groups -OCH3 is 1. The molecule has 1 amide bonds. The van der Waals surface area contributed by atoms with E-state index < -0.39 is 17.9 Å². The second-order valence-corrected chi connectivity index (χ2v) is 3.88. The van der Waals surface area contributed by atoms with Gasteiger partial charge in [0.25, 0.3) is 0 Å². The monoisotopic (exact) mass is 263 g/mol. The van der Waals surface area contributed by atoms with Gasteiger partial charge in [0.1, 0.15) is 11.8 Å². The summed E-state index contributed by atoms with van der Waals surface area (Å²) in [5.41, 5.74) is 0.753. The van der Waals surface area contributed by atoms with Crippen LogP contribution in [0.2, 0.25) is 0 Å². The van der Waals surface area contributed by atoms with Gasteiger partial charge in [-0.1, -0.05) is 25.1 Å². The Morgan fingerprint density at radius 2 is 2.11 bits per heavy atom. The third kappa shape index (κ3) is 4.46. The topological polar surface area (TPSA) is 75.6 Å². The van der Waals surface area contributed by atoms with Crippen LogP contribution in [0.3, 0.4) is 0 Å². The van der Waals surface area contributed by atoms with Crippen LogP contribution in [0.5, 0.6) is 5.75 Å². The molecule has 5 heteroatoms. The maximum Gasteiger partial charge on any atom is 0.326 e. The Balaban J connectivity index is 2.70. The molecule has 1 aromatic rings. The Morgan fingerprint density at radius 3 is 2.68 bits per heavy atom. The molecule has 0 aromatic heterocycles. The second kappa shape index (κ2) is 7.20. The largest absolute Gasteiger partial charge is 0.496 e. The number of nitrogens with one attached hydrogen (secondary N) is 1. The van der Waals surface area contributed by atoms with E-state index in [9.17, 15) is 9.59 Å². The molecule has 1 rings (SSSR count). The van der Waals surface area contributed by atoms with Crippen molar-refractivity contribution in [2.24, 2.45) is 0 Å².